The molecule has 0 heterocycles. The first-order chi connectivity index (χ1) is 16.7. The predicted molar refractivity (Wildman–Crippen MR) is 138 cm³/mol. The van der Waals surface area contributed by atoms with Crippen molar-refractivity contribution in [3.05, 3.63) is 60.2 Å². The van der Waals surface area contributed by atoms with E-state index in [2.05, 4.69) is 5.32 Å². The fraction of sp³-hybridized carbons (Fsp3) is 0.481. The molecule has 0 aliphatic heterocycles. The smallest absolute Gasteiger partial charge is 0.220 e. The van der Waals surface area contributed by atoms with Crippen molar-refractivity contribution in [1.29, 1.82) is 0 Å². The Labute approximate surface area is 211 Å². The molecule has 0 radical (unpaired) electrons. The Kier molecular flexibility index (Phi) is 12.1. The summed E-state index contributed by atoms with van der Waals surface area (Å²) >= 11 is 0. The zero-order valence-corrected chi connectivity index (χ0v) is 21.9. The van der Waals surface area contributed by atoms with Gasteiger partial charge in [0.2, 0.25) is 5.91 Å². The highest BCUT2D eigenvalue weighted by molar-refractivity contribution is 7.82. The molecule has 1 amide bonds. The zero-order valence-electron chi connectivity index (χ0n) is 21.1. The fourth-order valence-electron chi connectivity index (χ4n) is 3.65. The predicted octanol–water partition coefficient (Wildman–Crippen LogP) is 3.52. The molecule has 192 valence electrons. The van der Waals surface area contributed by atoms with Gasteiger partial charge in [-0.25, -0.2) is 8.51 Å². The highest BCUT2D eigenvalue weighted by atomic mass is 32.2. The molecule has 0 aromatic heterocycles. The average Bonchev–Trinajstić information content (AvgIpc) is 2.86. The number of ketones is 1. The van der Waals surface area contributed by atoms with E-state index in [9.17, 15) is 18.9 Å². The topological polar surface area (TPSA) is 95.9 Å². The van der Waals surface area contributed by atoms with Crippen LogP contribution in [0, 0.1) is 5.92 Å². The van der Waals surface area contributed by atoms with Crippen molar-refractivity contribution in [2.24, 2.45) is 5.92 Å². The summed E-state index contributed by atoms with van der Waals surface area (Å²) < 4.78 is 20.3. The molecule has 7 nitrogen and oxygen atoms in total. The third-order valence-corrected chi connectivity index (χ3v) is 7.03. The van der Waals surface area contributed by atoms with Crippen molar-refractivity contribution < 1.29 is 23.6 Å². The highest BCUT2D eigenvalue weighted by Gasteiger charge is 2.27. The maximum Gasteiger partial charge on any atom is 0.220 e. The van der Waals surface area contributed by atoms with Crippen molar-refractivity contribution in [2.75, 3.05) is 20.2 Å². The van der Waals surface area contributed by atoms with Gasteiger partial charge < -0.3 is 15.2 Å². The summed E-state index contributed by atoms with van der Waals surface area (Å²) in [6.07, 6.45) is 0.0995. The molecule has 0 bridgehead atoms. The quantitative estimate of drug-likeness (QED) is 0.389. The Balaban J connectivity index is 2.19. The average molecular weight is 503 g/mol. The van der Waals surface area contributed by atoms with E-state index in [1.165, 1.54) is 0 Å². The van der Waals surface area contributed by atoms with Gasteiger partial charge in [-0.1, -0.05) is 51.1 Å². The summed E-state index contributed by atoms with van der Waals surface area (Å²) in [6, 6.07) is 16.0. The first-order valence-corrected chi connectivity index (χ1v) is 13.2. The number of amides is 1. The fourth-order valence-corrected chi connectivity index (χ4v) is 5.04. The van der Waals surface area contributed by atoms with Gasteiger partial charge >= 0.3 is 0 Å². The number of nitrogens with zero attached hydrogens (tertiary/aromatic N) is 1. The summed E-state index contributed by atoms with van der Waals surface area (Å²) in [7, 11) is 0.0774. The van der Waals surface area contributed by atoms with Crippen LogP contribution in [0.1, 0.15) is 45.6 Å². The number of carbonyl (C=O) groups excluding carboxylic acids is 2. The molecule has 3 unspecified atom stereocenters. The van der Waals surface area contributed by atoms with E-state index in [0.29, 0.717) is 30.0 Å². The second kappa shape index (κ2) is 14.8. The lowest BCUT2D eigenvalue weighted by Gasteiger charge is -2.30. The normalized spacial score (nSPS) is 13.9. The third kappa shape index (κ3) is 9.92. The number of aliphatic hydroxyl groups is 1. The lowest BCUT2D eigenvalue weighted by atomic mass is 10.0. The Morgan fingerprint density at radius 1 is 1.03 bits per heavy atom. The van der Waals surface area contributed by atoms with E-state index in [4.69, 9.17) is 4.74 Å². The molecule has 0 saturated heterocycles. The molecule has 8 heteroatoms. The van der Waals surface area contributed by atoms with Crippen LogP contribution in [-0.4, -0.2) is 57.7 Å². The van der Waals surface area contributed by atoms with Crippen LogP contribution in [0.2, 0.25) is 0 Å². The number of methoxy groups -OCH3 is 1. The molecule has 0 saturated carbocycles. The van der Waals surface area contributed by atoms with Gasteiger partial charge in [0, 0.05) is 32.4 Å². The number of benzene rings is 2. The second-order valence-electron chi connectivity index (χ2n) is 8.99. The van der Waals surface area contributed by atoms with E-state index < -0.39 is 23.1 Å². The van der Waals surface area contributed by atoms with Crippen LogP contribution in [0.15, 0.2) is 59.5 Å². The van der Waals surface area contributed by atoms with Crippen LogP contribution in [0.25, 0.3) is 0 Å². The summed E-state index contributed by atoms with van der Waals surface area (Å²) in [5.74, 6) is 0.636. The van der Waals surface area contributed by atoms with Gasteiger partial charge in [0.05, 0.1) is 24.2 Å². The molecule has 2 aromatic carbocycles. The van der Waals surface area contributed by atoms with E-state index >= 15 is 0 Å². The maximum atomic E-state index is 13.4. The molecule has 3 atom stereocenters. The van der Waals surface area contributed by atoms with Gasteiger partial charge in [0.25, 0.3) is 0 Å². The standard InChI is InChI=1S/C27H38N2O5S/c1-5-22(30)11-16-27(32)28-25(17-21-9-7-6-8-10-21)26(31)19-29(18-20(2)3)35(33)24-14-12-23(34-4)13-15-24/h6-10,12-15,20,25-26,31H,5,11,16-19H2,1-4H3,(H,28,32). The van der Waals surface area contributed by atoms with Crippen molar-refractivity contribution >= 4 is 22.7 Å². The van der Waals surface area contributed by atoms with Crippen LogP contribution in [0.4, 0.5) is 0 Å². The lowest BCUT2D eigenvalue weighted by molar-refractivity contribution is -0.126. The molecule has 2 N–H and O–H groups in total. The van der Waals surface area contributed by atoms with Crippen LogP contribution >= 0.6 is 0 Å². The molecular formula is C27H38N2O5S. The Morgan fingerprint density at radius 3 is 2.26 bits per heavy atom. The summed E-state index contributed by atoms with van der Waals surface area (Å²) in [6.45, 7) is 6.45. The summed E-state index contributed by atoms with van der Waals surface area (Å²) in [4.78, 5) is 24.8. The Morgan fingerprint density at radius 2 is 1.69 bits per heavy atom. The van der Waals surface area contributed by atoms with E-state index in [0.717, 1.165) is 5.56 Å². The molecule has 0 fully saturated rings. The maximum absolute atomic E-state index is 13.4. The molecule has 0 spiro atoms. The van der Waals surface area contributed by atoms with Crippen molar-refractivity contribution in [1.82, 2.24) is 9.62 Å². The Bertz CT molecular complexity index is 950. The van der Waals surface area contributed by atoms with E-state index in [-0.39, 0.29) is 37.0 Å². The molecule has 0 aliphatic carbocycles. The van der Waals surface area contributed by atoms with Gasteiger partial charge in [-0.15, -0.1) is 0 Å². The van der Waals surface area contributed by atoms with E-state index in [1.807, 2.05) is 44.2 Å². The minimum absolute atomic E-state index is 0.0262. The van der Waals surface area contributed by atoms with Crippen molar-refractivity contribution in [3.8, 4) is 5.75 Å². The van der Waals surface area contributed by atoms with Gasteiger partial charge in [0.1, 0.15) is 22.5 Å². The Hall–Kier alpha value is -2.55. The van der Waals surface area contributed by atoms with Gasteiger partial charge in [-0.2, -0.15) is 0 Å². The summed E-state index contributed by atoms with van der Waals surface area (Å²) in [5, 5.41) is 14.1. The van der Waals surface area contributed by atoms with Crippen molar-refractivity contribution in [3.63, 3.8) is 0 Å². The largest absolute Gasteiger partial charge is 0.497 e. The van der Waals surface area contributed by atoms with E-state index in [1.54, 1.807) is 42.6 Å². The van der Waals surface area contributed by atoms with Crippen LogP contribution in [0.5, 0.6) is 5.75 Å². The van der Waals surface area contributed by atoms with Gasteiger partial charge in [-0.05, 0) is 42.2 Å². The van der Waals surface area contributed by atoms with Crippen molar-refractivity contribution in [2.45, 2.75) is 63.5 Å². The number of aliphatic hydroxyl groups excluding tert-OH is 1. The first-order valence-electron chi connectivity index (χ1n) is 12.1. The van der Waals surface area contributed by atoms with Crippen LogP contribution in [0.3, 0.4) is 0 Å². The number of hydrogen-bond donors (Lipinski definition) is 2. The molecule has 35 heavy (non-hydrogen) atoms. The SMILES string of the molecule is CCC(=O)CCC(=O)NC(Cc1ccccc1)C(O)CN(CC(C)C)S(=O)c1ccc(OC)cc1. The lowest BCUT2D eigenvalue weighted by Crippen LogP contribution is -2.50. The number of Topliss-reactive ketones (excluding diaryl/α,β-unsaturated/α-hetero) is 1. The zero-order chi connectivity index (χ0) is 25.8. The summed E-state index contributed by atoms with van der Waals surface area (Å²) in [5.41, 5.74) is 0.966. The first kappa shape index (κ1) is 28.7. The molecular weight excluding hydrogens is 464 g/mol. The second-order valence-corrected chi connectivity index (χ2v) is 10.5. The third-order valence-electron chi connectivity index (χ3n) is 5.59. The molecule has 2 aromatic rings. The number of ether oxygens (including phenoxy) is 1. The molecule has 0 aliphatic rings. The van der Waals surface area contributed by atoms with Crippen LogP contribution in [-0.2, 0) is 27.0 Å². The van der Waals surface area contributed by atoms with Crippen LogP contribution < -0.4 is 10.1 Å². The van der Waals surface area contributed by atoms with Gasteiger partial charge in [0.15, 0.2) is 0 Å². The number of rotatable bonds is 15. The van der Waals surface area contributed by atoms with Gasteiger partial charge in [-0.3, -0.25) is 9.59 Å². The minimum atomic E-state index is -1.50. The number of hydrogen-bond acceptors (Lipinski definition) is 5. The number of carbonyl (C=O) groups is 2. The number of nitrogens with one attached hydrogen (secondary N) is 1. The molecule has 2 rings (SSSR count). The highest BCUT2D eigenvalue weighted by Crippen LogP contribution is 2.19. The minimum Gasteiger partial charge on any atom is -0.497 e. The monoisotopic (exact) mass is 502 g/mol.